The second kappa shape index (κ2) is 4.63. The fourth-order valence-electron chi connectivity index (χ4n) is 1.22. The summed E-state index contributed by atoms with van der Waals surface area (Å²) in [6, 6.07) is 2.36. The summed E-state index contributed by atoms with van der Waals surface area (Å²) in [6.45, 7) is 0. The summed E-state index contributed by atoms with van der Waals surface area (Å²) in [6.07, 6.45) is -5.42. The molecule has 0 atom stereocenters. The van der Waals surface area contributed by atoms with Crippen molar-refractivity contribution in [2.24, 2.45) is 0 Å². The van der Waals surface area contributed by atoms with Crippen LogP contribution in [0.4, 0.5) is 13.2 Å². The molecule has 0 radical (unpaired) electrons. The third-order valence-corrected chi connectivity index (χ3v) is 2.87. The Morgan fingerprint density at radius 2 is 2.00 bits per heavy atom. The highest BCUT2D eigenvalue weighted by molar-refractivity contribution is 9.10. The third kappa shape index (κ3) is 2.89. The van der Waals surface area contributed by atoms with Gasteiger partial charge in [-0.1, -0.05) is 27.5 Å². The molecule has 0 saturated carbocycles. The van der Waals surface area contributed by atoms with Gasteiger partial charge in [-0.15, -0.1) is 0 Å². The summed E-state index contributed by atoms with van der Waals surface area (Å²) in [5, 5.41) is 8.03. The lowest BCUT2D eigenvalue weighted by Crippen LogP contribution is -2.13. The molecule has 0 spiro atoms. The highest BCUT2D eigenvalue weighted by Gasteiger charge is 2.37. The molecule has 0 aliphatic carbocycles. The fourth-order valence-corrected chi connectivity index (χ4v) is 1.98. The van der Waals surface area contributed by atoms with Gasteiger partial charge < -0.3 is 5.11 Å². The summed E-state index contributed by atoms with van der Waals surface area (Å²) in [5.41, 5.74) is -1.47. The molecule has 0 amide bonds. The first-order chi connectivity index (χ1) is 7.23. The van der Waals surface area contributed by atoms with E-state index in [-0.39, 0.29) is 10.0 Å². The van der Waals surface area contributed by atoms with Crippen molar-refractivity contribution in [1.29, 1.82) is 0 Å². The summed E-state index contributed by atoms with van der Waals surface area (Å²) < 4.78 is 38.0. The minimum absolute atomic E-state index is 0.0756. The minimum Gasteiger partial charge on any atom is -0.481 e. The lowest BCUT2D eigenvalue weighted by Gasteiger charge is -2.14. The molecule has 0 aliphatic heterocycles. The van der Waals surface area contributed by atoms with Crippen LogP contribution in [0.1, 0.15) is 11.1 Å². The van der Waals surface area contributed by atoms with E-state index in [2.05, 4.69) is 15.9 Å². The van der Waals surface area contributed by atoms with Crippen LogP contribution in [0.2, 0.25) is 5.02 Å². The van der Waals surface area contributed by atoms with Crippen molar-refractivity contribution in [3.8, 4) is 0 Å². The molecule has 1 aromatic carbocycles. The maximum atomic E-state index is 12.6. The fraction of sp³-hybridized carbons (Fsp3) is 0.222. The van der Waals surface area contributed by atoms with E-state index in [0.717, 1.165) is 6.07 Å². The van der Waals surface area contributed by atoms with Gasteiger partial charge in [0.25, 0.3) is 0 Å². The van der Waals surface area contributed by atoms with E-state index in [1.54, 1.807) is 0 Å². The number of halogens is 5. The number of carbonyl (C=O) groups is 1. The van der Waals surface area contributed by atoms with E-state index in [1.807, 2.05) is 0 Å². The van der Waals surface area contributed by atoms with Crippen LogP contribution < -0.4 is 0 Å². The highest BCUT2D eigenvalue weighted by Crippen LogP contribution is 2.40. The van der Waals surface area contributed by atoms with Crippen molar-refractivity contribution in [3.05, 3.63) is 32.8 Å². The molecule has 1 N–H and O–H groups in total. The van der Waals surface area contributed by atoms with Gasteiger partial charge in [0.1, 0.15) is 0 Å². The van der Waals surface area contributed by atoms with E-state index in [9.17, 15) is 18.0 Å². The highest BCUT2D eigenvalue weighted by atomic mass is 79.9. The molecule has 0 saturated heterocycles. The lowest BCUT2D eigenvalue weighted by atomic mass is 10.0. The SMILES string of the molecule is O=C(O)Cc1c(Br)ccc(Cl)c1C(F)(F)F. The van der Waals surface area contributed by atoms with E-state index in [0.29, 0.717) is 0 Å². The maximum Gasteiger partial charge on any atom is 0.418 e. The lowest BCUT2D eigenvalue weighted by molar-refractivity contribution is -0.139. The van der Waals surface area contributed by atoms with Gasteiger partial charge in [-0.25, -0.2) is 0 Å². The van der Waals surface area contributed by atoms with Crippen LogP contribution in [0.5, 0.6) is 0 Å². The van der Waals surface area contributed by atoms with E-state index >= 15 is 0 Å². The van der Waals surface area contributed by atoms with Crippen molar-refractivity contribution >= 4 is 33.5 Å². The second-order valence-corrected chi connectivity index (χ2v) is 4.21. The van der Waals surface area contributed by atoms with Crippen LogP contribution in [0.25, 0.3) is 0 Å². The van der Waals surface area contributed by atoms with Crippen molar-refractivity contribution < 1.29 is 23.1 Å². The maximum absolute atomic E-state index is 12.6. The zero-order valence-corrected chi connectivity index (χ0v) is 9.95. The average Bonchev–Trinajstić information content (AvgIpc) is 2.08. The molecule has 1 aromatic rings. The van der Waals surface area contributed by atoms with Gasteiger partial charge in [-0.3, -0.25) is 4.79 Å². The Morgan fingerprint density at radius 1 is 1.44 bits per heavy atom. The van der Waals surface area contributed by atoms with Gasteiger partial charge in [0, 0.05) is 4.47 Å². The zero-order valence-electron chi connectivity index (χ0n) is 7.61. The summed E-state index contributed by atoms with van der Waals surface area (Å²) in [4.78, 5) is 10.5. The largest absolute Gasteiger partial charge is 0.481 e. The van der Waals surface area contributed by atoms with Crippen molar-refractivity contribution in [2.45, 2.75) is 12.6 Å². The van der Waals surface area contributed by atoms with Gasteiger partial charge in [0.2, 0.25) is 0 Å². The van der Waals surface area contributed by atoms with E-state index < -0.39 is 29.2 Å². The molecule has 0 fully saturated rings. The first-order valence-corrected chi connectivity index (χ1v) is 5.16. The number of benzene rings is 1. The Hall–Kier alpha value is -0.750. The van der Waals surface area contributed by atoms with Crippen LogP contribution in [0, 0.1) is 0 Å². The Balaban J connectivity index is 3.43. The van der Waals surface area contributed by atoms with Gasteiger partial charge in [-0.2, -0.15) is 13.2 Å². The summed E-state index contributed by atoms with van der Waals surface area (Å²) in [7, 11) is 0. The molecule has 7 heteroatoms. The molecule has 2 nitrogen and oxygen atoms in total. The number of aliphatic carboxylic acids is 1. The van der Waals surface area contributed by atoms with Crippen LogP contribution in [-0.2, 0) is 17.4 Å². The Bertz CT molecular complexity index is 431. The number of rotatable bonds is 2. The second-order valence-electron chi connectivity index (χ2n) is 2.95. The molecule has 0 unspecified atom stereocenters. The minimum atomic E-state index is -4.67. The van der Waals surface area contributed by atoms with Gasteiger partial charge >= 0.3 is 12.1 Å². The molecule has 16 heavy (non-hydrogen) atoms. The predicted molar refractivity (Wildman–Crippen MR) is 55.5 cm³/mol. The van der Waals surface area contributed by atoms with Gasteiger partial charge in [0.15, 0.2) is 0 Å². The number of hydrogen-bond acceptors (Lipinski definition) is 1. The topological polar surface area (TPSA) is 37.3 Å². The molecule has 88 valence electrons. The molecule has 0 bridgehead atoms. The predicted octanol–water partition coefficient (Wildman–Crippen LogP) is 3.75. The first kappa shape index (κ1) is 13.3. The molecule has 0 aliphatic rings. The average molecular weight is 317 g/mol. The normalized spacial score (nSPS) is 11.6. The van der Waals surface area contributed by atoms with Crippen molar-refractivity contribution in [2.75, 3.05) is 0 Å². The smallest absolute Gasteiger partial charge is 0.418 e. The molecule has 0 heterocycles. The Kier molecular flexibility index (Phi) is 3.85. The van der Waals surface area contributed by atoms with Crippen LogP contribution >= 0.6 is 27.5 Å². The van der Waals surface area contributed by atoms with E-state index in [1.165, 1.54) is 6.07 Å². The van der Waals surface area contributed by atoms with Gasteiger partial charge in [0.05, 0.1) is 17.0 Å². The Labute approximate surface area is 102 Å². The number of hydrogen-bond donors (Lipinski definition) is 1. The zero-order chi connectivity index (χ0) is 12.5. The molecule has 0 aromatic heterocycles. The van der Waals surface area contributed by atoms with Crippen molar-refractivity contribution in [1.82, 2.24) is 0 Å². The van der Waals surface area contributed by atoms with E-state index in [4.69, 9.17) is 16.7 Å². The quantitative estimate of drug-likeness (QED) is 0.902. The number of carboxylic acid groups (broad SMARTS) is 1. The first-order valence-electron chi connectivity index (χ1n) is 3.99. The van der Waals surface area contributed by atoms with Crippen molar-refractivity contribution in [3.63, 3.8) is 0 Å². The third-order valence-electron chi connectivity index (χ3n) is 1.82. The molecule has 1 rings (SSSR count). The monoisotopic (exact) mass is 316 g/mol. The standard InChI is InChI=1S/C9H5BrClF3O2/c10-5-1-2-6(11)8(9(12,13)14)4(5)3-7(15)16/h1-2H,3H2,(H,15,16). The van der Waals surface area contributed by atoms with Crippen LogP contribution in [0.15, 0.2) is 16.6 Å². The number of carboxylic acids is 1. The number of alkyl halides is 3. The summed E-state index contributed by atoms with van der Waals surface area (Å²) in [5.74, 6) is -1.35. The van der Waals surface area contributed by atoms with Gasteiger partial charge in [-0.05, 0) is 17.7 Å². The van der Waals surface area contributed by atoms with Crippen LogP contribution in [-0.4, -0.2) is 11.1 Å². The molecular weight excluding hydrogens is 312 g/mol. The summed E-state index contributed by atoms with van der Waals surface area (Å²) >= 11 is 8.32. The molecular formula is C9H5BrClF3O2. The van der Waals surface area contributed by atoms with Crippen LogP contribution in [0.3, 0.4) is 0 Å². The Morgan fingerprint density at radius 3 is 2.44 bits per heavy atom.